The summed E-state index contributed by atoms with van der Waals surface area (Å²) >= 11 is 7.19. The lowest BCUT2D eigenvalue weighted by atomic mass is 10.2. The Bertz CT molecular complexity index is 673. The minimum Gasteiger partial charge on any atom is -0.308 e. The zero-order valence-electron chi connectivity index (χ0n) is 10.8. The van der Waals surface area contributed by atoms with Gasteiger partial charge >= 0.3 is 0 Å². The molecule has 2 heterocycles. The van der Waals surface area contributed by atoms with Crippen molar-refractivity contribution in [2.24, 2.45) is 0 Å². The van der Waals surface area contributed by atoms with Gasteiger partial charge in [-0.3, -0.25) is 0 Å². The third-order valence-corrected chi connectivity index (χ3v) is 5.66. The average Bonchev–Trinajstić information content (AvgIpc) is 3.11. The molecule has 4 heteroatoms. The largest absolute Gasteiger partial charge is 0.308 e. The summed E-state index contributed by atoms with van der Waals surface area (Å²) in [4.78, 5) is 2.72. The van der Waals surface area contributed by atoms with E-state index in [0.717, 1.165) is 17.6 Å². The summed E-state index contributed by atoms with van der Waals surface area (Å²) in [6.45, 7) is 1.80. The van der Waals surface area contributed by atoms with E-state index in [1.54, 1.807) is 11.3 Å². The van der Waals surface area contributed by atoms with Crippen molar-refractivity contribution in [1.29, 1.82) is 0 Å². The second kappa shape index (κ2) is 6.68. The standard InChI is InChI=1S/C16H14BrNS2/c17-15-5-2-1-4-12(15)9-18-10-14-8-13(11-20-14)16-6-3-7-19-16/h1-8,11,18H,9-10H2. The van der Waals surface area contributed by atoms with Gasteiger partial charge in [0.2, 0.25) is 0 Å². The smallest absolute Gasteiger partial charge is 0.0351 e. The quantitative estimate of drug-likeness (QED) is 0.628. The first-order valence-electron chi connectivity index (χ1n) is 6.38. The Morgan fingerprint density at radius 3 is 2.70 bits per heavy atom. The van der Waals surface area contributed by atoms with Gasteiger partial charge in [0.05, 0.1) is 0 Å². The molecule has 0 unspecified atom stereocenters. The van der Waals surface area contributed by atoms with Crippen LogP contribution in [0.15, 0.2) is 57.7 Å². The summed E-state index contributed by atoms with van der Waals surface area (Å²) in [5, 5.41) is 7.86. The lowest BCUT2D eigenvalue weighted by Gasteiger charge is -2.05. The molecule has 0 amide bonds. The maximum absolute atomic E-state index is 3.58. The average molecular weight is 364 g/mol. The number of hydrogen-bond acceptors (Lipinski definition) is 3. The molecule has 0 aliphatic carbocycles. The van der Waals surface area contributed by atoms with Gasteiger partial charge in [-0.05, 0) is 34.5 Å². The van der Waals surface area contributed by atoms with Crippen molar-refractivity contribution < 1.29 is 0 Å². The first-order chi connectivity index (χ1) is 9.83. The van der Waals surface area contributed by atoms with E-state index in [1.165, 1.54) is 20.9 Å². The number of hydrogen-bond donors (Lipinski definition) is 1. The van der Waals surface area contributed by atoms with Gasteiger partial charge in [0.15, 0.2) is 0 Å². The molecule has 0 bridgehead atoms. The molecule has 0 saturated carbocycles. The highest BCUT2D eigenvalue weighted by atomic mass is 79.9. The molecule has 20 heavy (non-hydrogen) atoms. The van der Waals surface area contributed by atoms with Crippen molar-refractivity contribution in [3.8, 4) is 10.4 Å². The van der Waals surface area contributed by atoms with Crippen molar-refractivity contribution >= 4 is 38.6 Å². The van der Waals surface area contributed by atoms with E-state index in [1.807, 2.05) is 17.4 Å². The molecule has 1 nitrogen and oxygen atoms in total. The Kier molecular flexibility index (Phi) is 4.68. The molecule has 3 rings (SSSR count). The van der Waals surface area contributed by atoms with Crippen molar-refractivity contribution in [2.45, 2.75) is 13.1 Å². The molecule has 102 valence electrons. The summed E-state index contributed by atoms with van der Waals surface area (Å²) in [6.07, 6.45) is 0. The molecule has 3 aromatic rings. The highest BCUT2D eigenvalue weighted by Gasteiger charge is 2.04. The Morgan fingerprint density at radius 1 is 1.00 bits per heavy atom. The molecule has 1 N–H and O–H groups in total. The lowest BCUT2D eigenvalue weighted by molar-refractivity contribution is 0.699. The molecule has 0 spiro atoms. The van der Waals surface area contributed by atoms with Crippen LogP contribution in [0.2, 0.25) is 0 Å². The topological polar surface area (TPSA) is 12.0 Å². The van der Waals surface area contributed by atoms with Gasteiger partial charge in [0.25, 0.3) is 0 Å². The first-order valence-corrected chi connectivity index (χ1v) is 8.93. The van der Waals surface area contributed by atoms with Gasteiger partial charge in [-0.15, -0.1) is 22.7 Å². The summed E-state index contributed by atoms with van der Waals surface area (Å²) in [6, 6.07) is 14.9. The van der Waals surface area contributed by atoms with Crippen LogP contribution in [0.5, 0.6) is 0 Å². The molecule has 0 saturated heterocycles. The molecular weight excluding hydrogens is 350 g/mol. The van der Waals surface area contributed by atoms with E-state index in [9.17, 15) is 0 Å². The third kappa shape index (κ3) is 3.38. The van der Waals surface area contributed by atoms with E-state index < -0.39 is 0 Å². The molecule has 2 aromatic heterocycles. The van der Waals surface area contributed by atoms with Crippen LogP contribution in [0.25, 0.3) is 10.4 Å². The van der Waals surface area contributed by atoms with E-state index >= 15 is 0 Å². The highest BCUT2D eigenvalue weighted by molar-refractivity contribution is 9.10. The summed E-state index contributed by atoms with van der Waals surface area (Å²) in [7, 11) is 0. The fraction of sp³-hybridized carbons (Fsp3) is 0.125. The fourth-order valence-corrected chi connectivity index (χ4v) is 4.08. The number of benzene rings is 1. The van der Waals surface area contributed by atoms with Crippen LogP contribution >= 0.6 is 38.6 Å². The van der Waals surface area contributed by atoms with Gasteiger partial charge in [0.1, 0.15) is 0 Å². The summed E-state index contributed by atoms with van der Waals surface area (Å²) < 4.78 is 1.16. The Hall–Kier alpha value is -0.940. The zero-order chi connectivity index (χ0) is 13.8. The van der Waals surface area contributed by atoms with Gasteiger partial charge in [0, 0.05) is 32.9 Å². The molecule has 0 aliphatic rings. The third-order valence-electron chi connectivity index (χ3n) is 3.03. The maximum Gasteiger partial charge on any atom is 0.0351 e. The molecule has 0 atom stereocenters. The van der Waals surface area contributed by atoms with E-state index in [-0.39, 0.29) is 0 Å². The van der Waals surface area contributed by atoms with Crippen LogP contribution in [0, 0.1) is 0 Å². The van der Waals surface area contributed by atoms with Gasteiger partial charge in [-0.2, -0.15) is 0 Å². The fourth-order valence-electron chi connectivity index (χ4n) is 2.01. The molecular formula is C16H14BrNS2. The second-order valence-corrected chi connectivity index (χ2v) is 7.27. The first kappa shape index (κ1) is 14.0. The Labute approximate surface area is 135 Å². The maximum atomic E-state index is 3.58. The van der Waals surface area contributed by atoms with Crippen LogP contribution in [0.3, 0.4) is 0 Å². The number of halogens is 1. The van der Waals surface area contributed by atoms with E-state index in [4.69, 9.17) is 0 Å². The second-order valence-electron chi connectivity index (χ2n) is 4.47. The highest BCUT2D eigenvalue weighted by Crippen LogP contribution is 2.29. The van der Waals surface area contributed by atoms with Crippen molar-refractivity contribution in [2.75, 3.05) is 0 Å². The molecule has 0 fully saturated rings. The van der Waals surface area contributed by atoms with Crippen LogP contribution in [0.4, 0.5) is 0 Å². The van der Waals surface area contributed by atoms with E-state index in [0.29, 0.717) is 0 Å². The molecule has 0 aliphatic heterocycles. The molecule has 0 radical (unpaired) electrons. The minimum atomic E-state index is 0.883. The molecule has 1 aromatic carbocycles. The van der Waals surface area contributed by atoms with Crippen LogP contribution in [0.1, 0.15) is 10.4 Å². The number of nitrogens with one attached hydrogen (secondary N) is 1. The van der Waals surface area contributed by atoms with Crippen molar-refractivity contribution in [3.05, 3.63) is 68.1 Å². The number of rotatable bonds is 5. The SMILES string of the molecule is Brc1ccccc1CNCc1cc(-c2cccs2)cs1. The van der Waals surface area contributed by atoms with Crippen LogP contribution in [-0.2, 0) is 13.1 Å². The predicted octanol–water partition coefficient (Wildman–Crippen LogP) is 5.53. The van der Waals surface area contributed by atoms with Gasteiger partial charge in [-0.1, -0.05) is 40.2 Å². The normalized spacial score (nSPS) is 10.8. The zero-order valence-corrected chi connectivity index (χ0v) is 14.0. The number of thiophene rings is 2. The van der Waals surface area contributed by atoms with Crippen LogP contribution < -0.4 is 5.32 Å². The Balaban J connectivity index is 1.58. The lowest BCUT2D eigenvalue weighted by Crippen LogP contribution is -2.11. The van der Waals surface area contributed by atoms with Crippen LogP contribution in [-0.4, -0.2) is 0 Å². The van der Waals surface area contributed by atoms with E-state index in [2.05, 4.69) is 68.4 Å². The van der Waals surface area contributed by atoms with Crippen molar-refractivity contribution in [1.82, 2.24) is 5.32 Å². The van der Waals surface area contributed by atoms with Crippen molar-refractivity contribution in [3.63, 3.8) is 0 Å². The monoisotopic (exact) mass is 363 g/mol. The summed E-state index contributed by atoms with van der Waals surface area (Å²) in [5.41, 5.74) is 2.63. The van der Waals surface area contributed by atoms with Gasteiger partial charge < -0.3 is 5.32 Å². The predicted molar refractivity (Wildman–Crippen MR) is 92.3 cm³/mol. The summed E-state index contributed by atoms with van der Waals surface area (Å²) in [5.74, 6) is 0. The minimum absolute atomic E-state index is 0.883. The van der Waals surface area contributed by atoms with Gasteiger partial charge in [-0.25, -0.2) is 0 Å². The Morgan fingerprint density at radius 2 is 1.90 bits per heavy atom.